The van der Waals surface area contributed by atoms with Crippen LogP contribution in [0.3, 0.4) is 0 Å². The van der Waals surface area contributed by atoms with Crippen molar-refractivity contribution in [3.05, 3.63) is 94.0 Å². The molecule has 1 atom stereocenters. The lowest BCUT2D eigenvalue weighted by Crippen LogP contribution is -2.40. The number of carbonyl (C=O) groups is 2. The lowest BCUT2D eigenvalue weighted by atomic mass is 9.96. The monoisotopic (exact) mass is 588 g/mol. The Labute approximate surface area is 224 Å². The Balaban J connectivity index is 1.95. The Hall–Kier alpha value is -3.01. The van der Waals surface area contributed by atoms with Crippen LogP contribution in [0.25, 0.3) is 6.08 Å². The standard InChI is InChI=1S/C26H22BrClN2O5S/c1-13(2)34-25(33)22-14(3)29-26-30(23(22)16-5-8-19(28)9-6-16)24(32)21(36-26)12-17-11-18(27)7-10-20(17)35-15(4)31/h5-13,23H,1-4H3. The number of hydrogen-bond acceptors (Lipinski definition) is 7. The fraction of sp³-hybridized carbons (Fsp3) is 0.231. The fourth-order valence-corrected chi connectivity index (χ4v) is 5.38. The molecule has 1 aromatic heterocycles. The van der Waals surface area contributed by atoms with Crippen molar-refractivity contribution >= 4 is 56.9 Å². The normalized spacial score (nSPS) is 15.5. The van der Waals surface area contributed by atoms with Crippen LogP contribution in [-0.4, -0.2) is 22.6 Å². The molecule has 2 heterocycles. The predicted octanol–water partition coefficient (Wildman–Crippen LogP) is 4.53. The maximum absolute atomic E-state index is 13.7. The molecule has 0 fully saturated rings. The Kier molecular flexibility index (Phi) is 7.63. The van der Waals surface area contributed by atoms with Crippen molar-refractivity contribution in [1.29, 1.82) is 0 Å². The molecule has 0 bridgehead atoms. The van der Waals surface area contributed by atoms with Crippen molar-refractivity contribution in [2.75, 3.05) is 0 Å². The number of ether oxygens (including phenoxy) is 2. The summed E-state index contributed by atoms with van der Waals surface area (Å²) < 4.78 is 13.4. The van der Waals surface area contributed by atoms with Crippen molar-refractivity contribution in [2.45, 2.75) is 39.8 Å². The van der Waals surface area contributed by atoms with Crippen molar-refractivity contribution in [1.82, 2.24) is 4.57 Å². The minimum absolute atomic E-state index is 0.285. The van der Waals surface area contributed by atoms with Gasteiger partial charge >= 0.3 is 11.9 Å². The summed E-state index contributed by atoms with van der Waals surface area (Å²) in [5, 5.41) is 0.533. The topological polar surface area (TPSA) is 87.0 Å². The highest BCUT2D eigenvalue weighted by molar-refractivity contribution is 9.10. The number of allylic oxidation sites excluding steroid dienone is 1. The van der Waals surface area contributed by atoms with Gasteiger partial charge in [-0.25, -0.2) is 9.79 Å². The van der Waals surface area contributed by atoms with E-state index in [1.807, 2.05) is 0 Å². The van der Waals surface area contributed by atoms with E-state index in [9.17, 15) is 14.4 Å². The van der Waals surface area contributed by atoms with Crippen LogP contribution < -0.4 is 19.6 Å². The number of hydrogen-bond donors (Lipinski definition) is 0. The van der Waals surface area contributed by atoms with E-state index in [0.29, 0.717) is 36.9 Å². The minimum Gasteiger partial charge on any atom is -0.459 e. The molecule has 1 aliphatic rings. The third kappa shape index (κ3) is 5.38. The number of benzene rings is 2. The zero-order chi connectivity index (χ0) is 26.1. The molecule has 7 nitrogen and oxygen atoms in total. The highest BCUT2D eigenvalue weighted by atomic mass is 79.9. The zero-order valence-corrected chi connectivity index (χ0v) is 23.0. The number of nitrogens with zero attached hydrogens (tertiary/aromatic N) is 2. The molecule has 0 saturated carbocycles. The quantitative estimate of drug-likeness (QED) is 0.323. The van der Waals surface area contributed by atoms with Crippen molar-refractivity contribution in [2.24, 2.45) is 4.99 Å². The first-order chi connectivity index (χ1) is 17.0. The summed E-state index contributed by atoms with van der Waals surface area (Å²) in [5.41, 5.74) is 1.66. The number of carbonyl (C=O) groups excluding carboxylic acids is 2. The van der Waals surface area contributed by atoms with E-state index in [4.69, 9.17) is 21.1 Å². The van der Waals surface area contributed by atoms with E-state index in [-0.39, 0.29) is 17.2 Å². The predicted molar refractivity (Wildman–Crippen MR) is 142 cm³/mol. The number of aromatic nitrogens is 1. The van der Waals surface area contributed by atoms with Crippen LogP contribution in [0, 0.1) is 0 Å². The first-order valence-corrected chi connectivity index (χ1v) is 13.0. The van der Waals surface area contributed by atoms with Crippen molar-refractivity contribution < 1.29 is 19.1 Å². The summed E-state index contributed by atoms with van der Waals surface area (Å²) in [6.07, 6.45) is 1.31. The van der Waals surface area contributed by atoms with E-state index in [1.54, 1.807) is 69.3 Å². The van der Waals surface area contributed by atoms with Gasteiger partial charge in [-0.15, -0.1) is 0 Å². The van der Waals surface area contributed by atoms with Crippen LogP contribution in [0.1, 0.15) is 44.9 Å². The first-order valence-electron chi connectivity index (χ1n) is 11.0. The lowest BCUT2D eigenvalue weighted by Gasteiger charge is -2.25. The second kappa shape index (κ2) is 10.5. The van der Waals surface area contributed by atoms with Gasteiger partial charge in [-0.3, -0.25) is 14.2 Å². The summed E-state index contributed by atoms with van der Waals surface area (Å²) in [6, 6.07) is 11.4. The van der Waals surface area contributed by atoms with Gasteiger partial charge in [0.05, 0.1) is 27.9 Å². The molecule has 0 N–H and O–H groups in total. The van der Waals surface area contributed by atoms with E-state index in [1.165, 1.54) is 22.8 Å². The van der Waals surface area contributed by atoms with Crippen LogP contribution in [0.4, 0.5) is 0 Å². The average Bonchev–Trinajstić information content (AvgIpc) is 3.09. The second-order valence-corrected chi connectivity index (χ2v) is 10.7. The molecule has 2 aromatic carbocycles. The highest BCUT2D eigenvalue weighted by Gasteiger charge is 2.33. The Morgan fingerprint density at radius 2 is 1.89 bits per heavy atom. The molecule has 0 amide bonds. The Morgan fingerprint density at radius 3 is 2.53 bits per heavy atom. The van der Waals surface area contributed by atoms with Crippen molar-refractivity contribution in [3.8, 4) is 5.75 Å². The molecular formula is C26H22BrClN2O5S. The van der Waals surface area contributed by atoms with Gasteiger partial charge in [0.2, 0.25) is 0 Å². The summed E-state index contributed by atoms with van der Waals surface area (Å²) in [5.74, 6) is -0.687. The minimum atomic E-state index is -0.748. The fourth-order valence-electron chi connectivity index (χ4n) is 3.84. The molecule has 0 radical (unpaired) electrons. The second-order valence-electron chi connectivity index (χ2n) is 8.36. The van der Waals surface area contributed by atoms with Gasteiger partial charge in [-0.05, 0) is 62.7 Å². The molecule has 1 aliphatic heterocycles. The van der Waals surface area contributed by atoms with Gasteiger partial charge in [0, 0.05) is 22.0 Å². The van der Waals surface area contributed by atoms with E-state index in [2.05, 4.69) is 20.9 Å². The summed E-state index contributed by atoms with van der Waals surface area (Å²) in [6.45, 7) is 6.56. The Morgan fingerprint density at radius 1 is 1.19 bits per heavy atom. The van der Waals surface area contributed by atoms with Crippen LogP contribution in [-0.2, 0) is 14.3 Å². The summed E-state index contributed by atoms with van der Waals surface area (Å²) in [4.78, 5) is 43.5. The molecule has 4 rings (SSSR count). The Bertz CT molecular complexity index is 1570. The lowest BCUT2D eigenvalue weighted by molar-refractivity contribution is -0.143. The molecular weight excluding hydrogens is 568 g/mol. The number of rotatable bonds is 5. The van der Waals surface area contributed by atoms with Gasteiger partial charge in [-0.2, -0.15) is 0 Å². The molecule has 0 aliphatic carbocycles. The average molecular weight is 590 g/mol. The van der Waals surface area contributed by atoms with E-state index >= 15 is 0 Å². The third-order valence-corrected chi connectivity index (χ3v) is 7.01. The molecule has 0 saturated heterocycles. The maximum Gasteiger partial charge on any atom is 0.338 e. The van der Waals surface area contributed by atoms with Crippen molar-refractivity contribution in [3.63, 3.8) is 0 Å². The van der Waals surface area contributed by atoms with Crippen LogP contribution in [0.2, 0.25) is 5.02 Å². The number of esters is 2. The van der Waals surface area contributed by atoms with Gasteiger partial charge in [0.15, 0.2) is 4.80 Å². The molecule has 186 valence electrons. The van der Waals surface area contributed by atoms with E-state index in [0.717, 1.165) is 4.47 Å². The van der Waals surface area contributed by atoms with Gasteiger partial charge in [0.25, 0.3) is 5.56 Å². The van der Waals surface area contributed by atoms with Crippen LogP contribution >= 0.6 is 38.9 Å². The number of thiazole rings is 1. The molecule has 0 spiro atoms. The first kappa shape index (κ1) is 26.1. The SMILES string of the molecule is CC(=O)Oc1ccc(Br)cc1C=c1sc2n(c1=O)C(c1ccc(Cl)cc1)C(C(=O)OC(C)C)=C(C)N=2. The summed E-state index contributed by atoms with van der Waals surface area (Å²) in [7, 11) is 0. The van der Waals surface area contributed by atoms with Gasteiger partial charge in [0.1, 0.15) is 5.75 Å². The molecule has 3 aromatic rings. The largest absolute Gasteiger partial charge is 0.459 e. The molecule has 10 heteroatoms. The van der Waals surface area contributed by atoms with Gasteiger partial charge in [-0.1, -0.05) is 51.0 Å². The zero-order valence-electron chi connectivity index (χ0n) is 19.9. The molecule has 36 heavy (non-hydrogen) atoms. The van der Waals surface area contributed by atoms with E-state index < -0.39 is 18.0 Å². The molecule has 1 unspecified atom stereocenters. The smallest absolute Gasteiger partial charge is 0.338 e. The third-order valence-electron chi connectivity index (χ3n) is 5.28. The maximum atomic E-state index is 13.7. The van der Waals surface area contributed by atoms with Gasteiger partial charge < -0.3 is 9.47 Å². The van der Waals surface area contributed by atoms with Crippen LogP contribution in [0.15, 0.2) is 68.0 Å². The number of fused-ring (bicyclic) bond motifs is 1. The van der Waals surface area contributed by atoms with Crippen LogP contribution in [0.5, 0.6) is 5.75 Å². The highest BCUT2D eigenvalue weighted by Crippen LogP contribution is 2.31. The number of halogens is 2. The summed E-state index contributed by atoms with van der Waals surface area (Å²) >= 11 is 10.7.